The van der Waals surface area contributed by atoms with Gasteiger partial charge in [-0.25, -0.2) is 9.78 Å². The van der Waals surface area contributed by atoms with E-state index in [1.165, 1.54) is 6.07 Å². The lowest BCUT2D eigenvalue weighted by atomic mass is 9.93. The normalized spacial score (nSPS) is 20.3. The molecule has 4 rings (SSSR count). The number of quaternary nitrogens is 1. The maximum atomic E-state index is 14.9. The summed E-state index contributed by atoms with van der Waals surface area (Å²) < 4.78 is 17.5. The van der Waals surface area contributed by atoms with Crippen molar-refractivity contribution in [2.24, 2.45) is 29.4 Å². The molecule has 444 valence electrons. The molecule has 12 atom stereocenters. The van der Waals surface area contributed by atoms with Crippen molar-refractivity contribution in [2.45, 2.75) is 168 Å². The van der Waals surface area contributed by atoms with Crippen molar-refractivity contribution in [2.75, 3.05) is 39.0 Å². The van der Waals surface area contributed by atoms with Gasteiger partial charge in [-0.2, -0.15) is 0 Å². The number of nitrogens with zero attached hydrogens (tertiary/aromatic N) is 3. The number of nitrogens with two attached hydrogens (primary N) is 1. The Labute approximate surface area is 473 Å². The predicted molar refractivity (Wildman–Crippen MR) is 299 cm³/mol. The molecule has 3 aromatic rings. The fourth-order valence-corrected chi connectivity index (χ4v) is 10.4. The molecule has 0 spiro atoms. The second-order valence-electron chi connectivity index (χ2n) is 22.0. The molecule has 1 aromatic heterocycles. The third kappa shape index (κ3) is 19.3. The highest BCUT2D eigenvalue weighted by molar-refractivity contribution is 7.09. The van der Waals surface area contributed by atoms with E-state index < -0.39 is 102 Å². The maximum Gasteiger partial charge on any atom is 0.335 e. The van der Waals surface area contributed by atoms with Crippen LogP contribution in [0.15, 0.2) is 53.9 Å². The molecule has 23 heteroatoms. The zero-order chi connectivity index (χ0) is 59.6. The van der Waals surface area contributed by atoms with Crippen LogP contribution in [-0.2, 0) is 51.2 Å². The Balaban J connectivity index is 1.60. The van der Waals surface area contributed by atoms with Crippen molar-refractivity contribution < 1.29 is 77.8 Å². The molecule has 1 saturated heterocycles. The number of likely N-dealkylation sites (N-methyl/N-ethyl adjacent to an activating group) is 2. The van der Waals surface area contributed by atoms with Crippen molar-refractivity contribution in [1.82, 2.24) is 20.5 Å². The van der Waals surface area contributed by atoms with Crippen molar-refractivity contribution in [3.8, 4) is 5.75 Å². The number of rotatable bonds is 32. The van der Waals surface area contributed by atoms with Gasteiger partial charge in [0.15, 0.2) is 18.8 Å². The lowest BCUT2D eigenvalue weighted by Gasteiger charge is -2.39. The number of carbonyl (C=O) groups excluding carboxylic acids is 5. The predicted octanol–water partition coefficient (Wildman–Crippen LogP) is 4.63. The van der Waals surface area contributed by atoms with Gasteiger partial charge in [-0.05, 0) is 61.3 Å². The number of aliphatic hydroxyl groups is 3. The summed E-state index contributed by atoms with van der Waals surface area (Å²) in [7, 11) is 3.56. The number of benzene rings is 2. The van der Waals surface area contributed by atoms with E-state index in [0.29, 0.717) is 30.0 Å². The molecular weight excluding hydrogens is 1050 g/mol. The van der Waals surface area contributed by atoms with E-state index in [9.17, 15) is 59.1 Å². The Hall–Kier alpha value is -6.08. The Morgan fingerprint density at radius 1 is 0.875 bits per heavy atom. The lowest BCUT2D eigenvalue weighted by molar-refractivity contribution is -0.915. The summed E-state index contributed by atoms with van der Waals surface area (Å²) >= 11 is 1.13. The van der Waals surface area contributed by atoms with Crippen LogP contribution >= 0.6 is 11.3 Å². The van der Waals surface area contributed by atoms with Crippen LogP contribution in [0, 0.1) is 23.7 Å². The van der Waals surface area contributed by atoms with Crippen molar-refractivity contribution in [1.29, 1.82) is 0 Å². The molecule has 0 bridgehead atoms. The molecule has 1 fully saturated rings. The fraction of sp³-hybridized carbons (Fsp3) is 0.614. The number of anilines is 1. The molecule has 1 aliphatic rings. The largest absolute Gasteiger partial charge is 0.481 e. The van der Waals surface area contributed by atoms with E-state index >= 15 is 0 Å². The quantitative estimate of drug-likeness (QED) is 0.0234. The Kier molecular flexibility index (Phi) is 25.9. The van der Waals surface area contributed by atoms with Gasteiger partial charge in [0.2, 0.25) is 18.1 Å². The molecule has 1 aliphatic heterocycles. The molecule has 2 heterocycles. The molecule has 1 unspecified atom stereocenters. The number of hydrogen-bond acceptors (Lipinski definition) is 16. The van der Waals surface area contributed by atoms with Crippen LogP contribution in [0.4, 0.5) is 5.69 Å². The number of aromatic nitrogens is 1. The van der Waals surface area contributed by atoms with Crippen molar-refractivity contribution >= 4 is 58.6 Å². The molecule has 2 aromatic carbocycles. The zero-order valence-corrected chi connectivity index (χ0v) is 48.6. The van der Waals surface area contributed by atoms with Crippen LogP contribution in [0.5, 0.6) is 5.75 Å². The number of carbonyl (C=O) groups is 7. The molecule has 4 amide bonds. The summed E-state index contributed by atoms with van der Waals surface area (Å²) in [6.45, 7) is 15.4. The van der Waals surface area contributed by atoms with Gasteiger partial charge >= 0.3 is 17.9 Å². The van der Waals surface area contributed by atoms with E-state index in [1.54, 1.807) is 50.2 Å². The Morgan fingerprint density at radius 2 is 1.56 bits per heavy atom. The van der Waals surface area contributed by atoms with Crippen LogP contribution in [-0.4, -0.2) is 164 Å². The summed E-state index contributed by atoms with van der Waals surface area (Å²) in [5.74, 6) is -6.68. The topological polar surface area (TPSA) is 327 Å². The van der Waals surface area contributed by atoms with Crippen LogP contribution < -0.4 is 26.4 Å². The number of carboxylic acid groups (broad SMARTS) is 2. The van der Waals surface area contributed by atoms with Crippen LogP contribution in [0.1, 0.15) is 133 Å². The SMILES string of the molecule is CCCCC[N+](C)(CC(=O)N[C@H](C(=O)N(C)[C@H](C[C@@H](OC(=O)C(C)C)c1nc(C(=O)N[C@@H](Cc2ccccc2)C[C@H](C)C(=O)O)cs1)C(C)C)[C@@H](C)CC)Cc1ccc(O[C@@H]2O[C@H](C(=O)O)[C@@H](O)[C@H](O)[C@H]2O)c(NC(=O)CCN)c1. The first-order valence-electron chi connectivity index (χ1n) is 27.6. The summed E-state index contributed by atoms with van der Waals surface area (Å²) in [4.78, 5) is 99.4. The first kappa shape index (κ1) is 66.4. The number of amides is 4. The number of esters is 1. The third-order valence-electron chi connectivity index (χ3n) is 14.5. The molecule has 10 N–H and O–H groups in total. The summed E-state index contributed by atoms with van der Waals surface area (Å²) in [5.41, 5.74) is 7.39. The molecular formula is C57H86N7O15S+. The summed E-state index contributed by atoms with van der Waals surface area (Å²) in [6, 6.07) is 12.1. The molecule has 22 nitrogen and oxygen atoms in total. The van der Waals surface area contributed by atoms with E-state index in [2.05, 4.69) is 27.9 Å². The second kappa shape index (κ2) is 31.2. The van der Waals surface area contributed by atoms with Gasteiger partial charge in [0.1, 0.15) is 47.3 Å². The molecule has 0 aliphatic carbocycles. The van der Waals surface area contributed by atoms with E-state index in [-0.39, 0.29) is 78.3 Å². The number of unbranched alkanes of at least 4 members (excludes halogenated alkanes) is 2. The average Bonchev–Trinajstić information content (AvgIpc) is 3.90. The number of thiazole rings is 1. The first-order chi connectivity index (χ1) is 37.7. The Bertz CT molecular complexity index is 2530. The third-order valence-corrected chi connectivity index (χ3v) is 15.4. The second-order valence-corrected chi connectivity index (χ2v) is 22.9. The highest BCUT2D eigenvalue weighted by Crippen LogP contribution is 2.34. The number of aliphatic carboxylic acids is 2. The van der Waals surface area contributed by atoms with E-state index in [1.807, 2.05) is 65.1 Å². The van der Waals surface area contributed by atoms with Gasteiger partial charge in [-0.15, -0.1) is 11.3 Å². The standard InChI is InChI=1S/C57H85N7O15S/c1-11-13-17-24-64(10,29-37-20-21-42(39(27-37)60-44(65)22-23-58)78-57-49(69)47(67)48(68)50(79-57)55(74)75)30-45(66)62-46(34(7)12-2)53(71)63(9)41(32(3)4)28-43(77-56(76)33(5)6)52-61-40(31-80-52)51(70)59-38(25-35(8)54(72)73)26-36-18-15-14-16-19-36/h14-16,18-21,27,31-35,38,41,43,46-50,57,67-69H,11-13,17,22-26,28-30,58H2,1-10H3,(H4-,59,60,62,65,66,70,72,73,74,75)/p+1/t34-,35-,38+,41+,43+,46-,47-,48-,49+,50-,57+,64?/m0/s1. The van der Waals surface area contributed by atoms with Gasteiger partial charge in [-0.1, -0.05) is 98.6 Å². The number of carboxylic acids is 2. The van der Waals surface area contributed by atoms with Gasteiger partial charge in [-0.3, -0.25) is 28.8 Å². The van der Waals surface area contributed by atoms with Gasteiger partial charge in [0, 0.05) is 49.5 Å². The smallest absolute Gasteiger partial charge is 0.335 e. The first-order valence-corrected chi connectivity index (χ1v) is 28.5. The fourth-order valence-electron chi connectivity index (χ4n) is 9.52. The lowest BCUT2D eigenvalue weighted by Crippen LogP contribution is -2.61. The summed E-state index contributed by atoms with van der Waals surface area (Å²) in [5, 5.41) is 61.3. The van der Waals surface area contributed by atoms with Crippen LogP contribution in [0.25, 0.3) is 0 Å². The van der Waals surface area contributed by atoms with Crippen LogP contribution in [0.2, 0.25) is 0 Å². The molecule has 80 heavy (non-hydrogen) atoms. The van der Waals surface area contributed by atoms with Gasteiger partial charge in [0.25, 0.3) is 11.8 Å². The highest BCUT2D eigenvalue weighted by atomic mass is 32.1. The molecule has 0 saturated carbocycles. The average molecular weight is 1140 g/mol. The number of nitrogens with one attached hydrogen (secondary N) is 3. The van der Waals surface area contributed by atoms with Gasteiger partial charge < -0.3 is 70.8 Å². The monoisotopic (exact) mass is 1140 g/mol. The van der Waals surface area contributed by atoms with Crippen molar-refractivity contribution in [3.05, 3.63) is 75.7 Å². The zero-order valence-electron chi connectivity index (χ0n) is 47.8. The number of ether oxygens (including phenoxy) is 3. The number of hydrogen-bond donors (Lipinski definition) is 9. The number of aliphatic hydroxyl groups excluding tert-OH is 3. The maximum absolute atomic E-state index is 14.9. The van der Waals surface area contributed by atoms with Gasteiger partial charge in [0.05, 0.1) is 31.1 Å². The summed E-state index contributed by atoms with van der Waals surface area (Å²) in [6.07, 6.45) is -6.77. The molecule has 0 radical (unpaired) electrons. The minimum absolute atomic E-state index is 0.0201. The highest BCUT2D eigenvalue weighted by Gasteiger charge is 2.48. The minimum atomic E-state index is -1.95. The van der Waals surface area contributed by atoms with E-state index in [0.717, 1.165) is 36.2 Å². The Morgan fingerprint density at radius 3 is 2.16 bits per heavy atom. The van der Waals surface area contributed by atoms with Crippen LogP contribution in [0.3, 0.4) is 0 Å². The van der Waals surface area contributed by atoms with Crippen molar-refractivity contribution in [3.63, 3.8) is 0 Å². The minimum Gasteiger partial charge on any atom is -0.481 e. The van der Waals surface area contributed by atoms with E-state index in [4.69, 9.17) is 19.9 Å².